The predicted octanol–water partition coefficient (Wildman–Crippen LogP) is 4.48. The van der Waals surface area contributed by atoms with Crippen molar-refractivity contribution in [3.8, 4) is 11.8 Å². The third-order valence-electron chi connectivity index (χ3n) is 3.72. The Hall–Kier alpha value is -2.80. The number of unbranched alkanes of at least 4 members (excludes halogenated alkanes) is 1. The summed E-state index contributed by atoms with van der Waals surface area (Å²) in [6.07, 6.45) is 3.29. The van der Waals surface area contributed by atoms with Crippen molar-refractivity contribution in [3.05, 3.63) is 65.2 Å². The zero-order valence-corrected chi connectivity index (χ0v) is 14.2. The maximum absolute atomic E-state index is 9.26. The number of hydrogen-bond acceptors (Lipinski definition) is 4. The number of nitrogens with zero attached hydrogens (tertiary/aromatic N) is 2. The van der Waals surface area contributed by atoms with Crippen molar-refractivity contribution in [1.29, 1.82) is 5.26 Å². The number of ether oxygens (including phenoxy) is 1. The number of oxime groups is 1. The lowest BCUT2D eigenvalue weighted by Gasteiger charge is -2.13. The summed E-state index contributed by atoms with van der Waals surface area (Å²) in [7, 11) is 1.43. The average Bonchev–Trinajstić information content (AvgIpc) is 2.63. The summed E-state index contributed by atoms with van der Waals surface area (Å²) in [4.78, 5) is 4.76. The summed E-state index contributed by atoms with van der Waals surface area (Å²) in [5.41, 5.74) is 3.09. The highest BCUT2D eigenvalue weighted by Crippen LogP contribution is 2.22. The molecular formula is C20H22N2O2. The minimum absolute atomic E-state index is 0.246. The number of para-hydroxylation sites is 1. The van der Waals surface area contributed by atoms with Crippen LogP contribution in [0.5, 0.6) is 5.75 Å². The number of aryl methyl sites for hydroxylation is 1. The molecule has 0 fully saturated rings. The lowest BCUT2D eigenvalue weighted by molar-refractivity contribution is 0.214. The maximum atomic E-state index is 9.26. The van der Waals surface area contributed by atoms with Gasteiger partial charge in [0.1, 0.15) is 25.5 Å². The van der Waals surface area contributed by atoms with Crippen molar-refractivity contribution in [3.63, 3.8) is 0 Å². The van der Waals surface area contributed by atoms with Gasteiger partial charge in [0.2, 0.25) is 0 Å². The molecule has 2 aromatic rings. The summed E-state index contributed by atoms with van der Waals surface area (Å²) >= 11 is 0. The molecule has 2 aromatic carbocycles. The number of benzene rings is 2. The number of nitriles is 1. The lowest BCUT2D eigenvalue weighted by Crippen LogP contribution is -2.07. The minimum atomic E-state index is 0.246. The largest absolute Gasteiger partial charge is 0.489 e. The molecule has 124 valence electrons. The Morgan fingerprint density at radius 2 is 1.79 bits per heavy atom. The highest BCUT2D eigenvalue weighted by Gasteiger charge is 2.11. The average molecular weight is 322 g/mol. The van der Waals surface area contributed by atoms with Gasteiger partial charge in [-0.05, 0) is 30.0 Å². The third-order valence-corrected chi connectivity index (χ3v) is 3.72. The van der Waals surface area contributed by atoms with Crippen LogP contribution in [0.25, 0.3) is 0 Å². The molecule has 0 heterocycles. The van der Waals surface area contributed by atoms with Gasteiger partial charge in [0.15, 0.2) is 5.71 Å². The van der Waals surface area contributed by atoms with Gasteiger partial charge in [-0.15, -0.1) is 0 Å². The molecule has 0 saturated heterocycles. The molecule has 0 aliphatic carbocycles. The second kappa shape index (κ2) is 9.36. The highest BCUT2D eigenvalue weighted by molar-refractivity contribution is 6.12. The van der Waals surface area contributed by atoms with Gasteiger partial charge in [-0.25, -0.2) is 0 Å². The first-order valence-electron chi connectivity index (χ1n) is 8.10. The van der Waals surface area contributed by atoms with Crippen LogP contribution in [0.15, 0.2) is 53.7 Å². The first-order valence-corrected chi connectivity index (χ1v) is 8.10. The van der Waals surface area contributed by atoms with Crippen molar-refractivity contribution in [2.45, 2.75) is 32.8 Å². The van der Waals surface area contributed by atoms with E-state index in [-0.39, 0.29) is 5.71 Å². The standard InChI is InChI=1S/C20H22N2O2/c1-3-4-9-16-10-6-8-13-20(16)24-15-17-11-5-7-12-18(17)19(14-21)22-23-2/h5-8,10-13H,3-4,9,15H2,1-2H3/b22-19+. The third kappa shape index (κ3) is 4.60. The first-order chi connectivity index (χ1) is 11.8. The van der Waals surface area contributed by atoms with Crippen molar-refractivity contribution < 1.29 is 9.57 Å². The van der Waals surface area contributed by atoms with Crippen molar-refractivity contribution in [2.24, 2.45) is 5.16 Å². The Kier molecular flexibility index (Phi) is 6.85. The Bertz CT molecular complexity index is 732. The van der Waals surface area contributed by atoms with Gasteiger partial charge in [0.25, 0.3) is 0 Å². The van der Waals surface area contributed by atoms with E-state index >= 15 is 0 Å². The minimum Gasteiger partial charge on any atom is -0.489 e. The van der Waals surface area contributed by atoms with Crippen LogP contribution in [0.1, 0.15) is 36.5 Å². The second-order valence-electron chi connectivity index (χ2n) is 5.39. The molecule has 0 N–H and O–H groups in total. The Balaban J connectivity index is 2.19. The molecule has 0 atom stereocenters. The van der Waals surface area contributed by atoms with Crippen molar-refractivity contribution in [2.75, 3.05) is 7.11 Å². The van der Waals surface area contributed by atoms with Crippen LogP contribution in [0, 0.1) is 11.3 Å². The summed E-state index contributed by atoms with van der Waals surface area (Å²) in [5, 5.41) is 13.0. The molecular weight excluding hydrogens is 300 g/mol. The van der Waals surface area contributed by atoms with E-state index in [9.17, 15) is 5.26 Å². The fraction of sp³-hybridized carbons (Fsp3) is 0.300. The number of rotatable bonds is 8. The monoisotopic (exact) mass is 322 g/mol. The van der Waals surface area contributed by atoms with Crippen LogP contribution in [-0.2, 0) is 17.9 Å². The van der Waals surface area contributed by atoms with E-state index in [0.29, 0.717) is 6.61 Å². The molecule has 0 spiro atoms. The van der Waals surface area contributed by atoms with Gasteiger partial charge >= 0.3 is 0 Å². The van der Waals surface area contributed by atoms with Crippen molar-refractivity contribution in [1.82, 2.24) is 0 Å². The molecule has 0 bridgehead atoms. The summed E-state index contributed by atoms with van der Waals surface area (Å²) in [5.74, 6) is 0.892. The molecule has 0 unspecified atom stereocenters. The molecule has 0 aliphatic heterocycles. The zero-order chi connectivity index (χ0) is 17.2. The molecule has 0 radical (unpaired) electrons. The molecule has 0 aliphatic rings. The molecule has 0 amide bonds. The van der Waals surface area contributed by atoms with E-state index in [2.05, 4.69) is 24.2 Å². The summed E-state index contributed by atoms with van der Waals surface area (Å²) in [6, 6.07) is 17.7. The van der Waals surface area contributed by atoms with E-state index in [1.807, 2.05) is 42.5 Å². The maximum Gasteiger partial charge on any atom is 0.187 e. The quantitative estimate of drug-likeness (QED) is 0.532. The van der Waals surface area contributed by atoms with Crippen LogP contribution < -0.4 is 4.74 Å². The summed E-state index contributed by atoms with van der Waals surface area (Å²) in [6.45, 7) is 2.56. The van der Waals surface area contributed by atoms with Gasteiger partial charge in [-0.2, -0.15) is 5.26 Å². The zero-order valence-electron chi connectivity index (χ0n) is 14.2. The first kappa shape index (κ1) is 17.6. The fourth-order valence-electron chi connectivity index (χ4n) is 2.47. The van der Waals surface area contributed by atoms with Gasteiger partial charge in [-0.3, -0.25) is 0 Å². The van der Waals surface area contributed by atoms with E-state index in [4.69, 9.17) is 9.57 Å². The molecule has 2 rings (SSSR count). The van der Waals surface area contributed by atoms with Crippen LogP contribution in [-0.4, -0.2) is 12.8 Å². The molecule has 0 aromatic heterocycles. The molecule has 4 nitrogen and oxygen atoms in total. The Morgan fingerprint density at radius 1 is 1.08 bits per heavy atom. The normalized spacial score (nSPS) is 11.0. The van der Waals surface area contributed by atoms with Crippen molar-refractivity contribution >= 4 is 5.71 Å². The fourth-order valence-corrected chi connectivity index (χ4v) is 2.47. The molecule has 0 saturated carbocycles. The molecule has 24 heavy (non-hydrogen) atoms. The van der Waals surface area contributed by atoms with Gasteiger partial charge in [0, 0.05) is 5.56 Å². The Morgan fingerprint density at radius 3 is 2.50 bits per heavy atom. The van der Waals surface area contributed by atoms with Gasteiger partial charge < -0.3 is 9.57 Å². The predicted molar refractivity (Wildman–Crippen MR) is 95.0 cm³/mol. The van der Waals surface area contributed by atoms with Gasteiger partial charge in [-0.1, -0.05) is 61.0 Å². The van der Waals surface area contributed by atoms with E-state index in [1.54, 1.807) is 0 Å². The van der Waals surface area contributed by atoms with Crippen LogP contribution in [0.2, 0.25) is 0 Å². The van der Waals surface area contributed by atoms with Crippen LogP contribution in [0.4, 0.5) is 0 Å². The smallest absolute Gasteiger partial charge is 0.187 e. The van der Waals surface area contributed by atoms with Gasteiger partial charge in [0.05, 0.1) is 0 Å². The topological polar surface area (TPSA) is 54.6 Å². The van der Waals surface area contributed by atoms with E-state index in [0.717, 1.165) is 36.1 Å². The van der Waals surface area contributed by atoms with E-state index in [1.165, 1.54) is 12.7 Å². The van der Waals surface area contributed by atoms with Crippen LogP contribution in [0.3, 0.4) is 0 Å². The highest BCUT2D eigenvalue weighted by atomic mass is 16.6. The van der Waals surface area contributed by atoms with E-state index < -0.39 is 0 Å². The summed E-state index contributed by atoms with van der Waals surface area (Å²) < 4.78 is 6.03. The SMILES string of the molecule is CCCCc1ccccc1OCc1ccccc1/C(C#N)=N/OC. The molecule has 4 heteroatoms. The Labute approximate surface area is 143 Å². The lowest BCUT2D eigenvalue weighted by atomic mass is 10.0. The second-order valence-corrected chi connectivity index (χ2v) is 5.39. The number of hydrogen-bond donors (Lipinski definition) is 0. The van der Waals surface area contributed by atoms with Crippen LogP contribution >= 0.6 is 0 Å².